The third kappa shape index (κ3) is 14.7. The minimum Gasteiger partial charge on any atom is -0.488 e. The lowest BCUT2D eigenvalue weighted by atomic mass is 10.2. The third-order valence-electron chi connectivity index (χ3n) is 15.3. The van der Waals surface area contributed by atoms with Crippen LogP contribution in [0.5, 0.6) is 28.9 Å². The van der Waals surface area contributed by atoms with E-state index in [-0.39, 0.29) is 42.6 Å². The van der Waals surface area contributed by atoms with Gasteiger partial charge in [-0.3, -0.25) is 0 Å². The van der Waals surface area contributed by atoms with Crippen LogP contribution in [0.2, 0.25) is 0 Å². The Hall–Kier alpha value is -12.2. The van der Waals surface area contributed by atoms with Crippen molar-refractivity contribution in [2.45, 2.75) is 68.0 Å². The van der Waals surface area contributed by atoms with Gasteiger partial charge in [-0.1, -0.05) is 85.2 Å². The molecular weight excluding hydrogens is 1230 g/mol. The van der Waals surface area contributed by atoms with Gasteiger partial charge in [0, 0.05) is 109 Å². The van der Waals surface area contributed by atoms with E-state index in [9.17, 15) is 19.2 Å². The Morgan fingerprint density at radius 2 is 0.760 bits per heavy atom. The second-order valence-electron chi connectivity index (χ2n) is 21.9. The number of terminal acetylenes is 1. The molecule has 0 radical (unpaired) electrons. The number of nitrogens with zero attached hydrogens (tertiary/aromatic N) is 20. The Kier molecular flexibility index (Phi) is 19.6. The van der Waals surface area contributed by atoms with Crippen molar-refractivity contribution in [1.29, 1.82) is 0 Å². The highest BCUT2D eigenvalue weighted by atomic mass is 16.5. The van der Waals surface area contributed by atoms with Crippen molar-refractivity contribution in [2.24, 2.45) is 56.4 Å². The fourth-order valence-corrected chi connectivity index (χ4v) is 9.95. The van der Waals surface area contributed by atoms with Crippen molar-refractivity contribution < 1.29 is 29.2 Å². The number of benzene rings is 4. The van der Waals surface area contributed by atoms with Crippen LogP contribution in [0.4, 0.5) is 0 Å². The Bertz CT molecular complexity index is 5270. The molecule has 96 heavy (non-hydrogen) atoms. The second kappa shape index (κ2) is 30.0. The van der Waals surface area contributed by atoms with E-state index in [2.05, 4.69) is 54.2 Å². The monoisotopic (exact) mass is 1310 g/mol. The lowest BCUT2D eigenvalue weighted by Crippen LogP contribution is -2.22. The number of aryl methyl sites for hydroxylation is 12. The summed E-state index contributed by atoms with van der Waals surface area (Å²) in [6, 6.07) is 22.4. The van der Waals surface area contributed by atoms with Crippen LogP contribution in [-0.2, 0) is 82.8 Å². The van der Waals surface area contributed by atoms with Gasteiger partial charge in [0.05, 0.1) is 34.7 Å². The van der Waals surface area contributed by atoms with Crippen molar-refractivity contribution in [3.8, 4) is 64.0 Å². The Morgan fingerprint density at radius 1 is 0.438 bits per heavy atom. The van der Waals surface area contributed by atoms with Crippen LogP contribution < -0.4 is 46.4 Å². The maximum atomic E-state index is 12.3. The van der Waals surface area contributed by atoms with E-state index >= 15 is 0 Å². The Labute approximate surface area is 557 Å². The summed E-state index contributed by atoms with van der Waals surface area (Å²) in [6.07, 6.45) is 14.5. The first-order chi connectivity index (χ1) is 47.6. The highest BCUT2D eigenvalue weighted by molar-refractivity contribution is 5.57. The van der Waals surface area contributed by atoms with Crippen LogP contribution >= 0.6 is 0 Å². The van der Waals surface area contributed by atoms with Crippen LogP contribution in [0, 0.1) is 47.0 Å². The SMILES string of the molecule is [3H]c1ccc(OCc2c(-n3nnn(C)c3=O)cn(C)c2C#C)c(C)c1.[3H]c1ccc(OCc2c(-n3nnn(C)c3=O)cn(C)c2C)c(C)c1.[3H]c1ccc(OCc2c(-n3nnn(C)c3=O)cn(C)c2C=C)c(C)c1.[3H]c1ccc(OCc2c(-n3nnn(C)c3=O)cn(C)c2OCC)c(C)c1. The molecule has 0 atom stereocenters. The van der Waals surface area contributed by atoms with Crippen molar-refractivity contribution in [2.75, 3.05) is 6.61 Å². The van der Waals surface area contributed by atoms with Gasteiger partial charge in [0.1, 0.15) is 60.8 Å². The molecule has 12 rings (SSSR count). The standard InChI is InChI=1S/C17H21N5O3.C17H19N5O2.C17H17N5O2.C16H19N5O2/c1-5-24-16-13(11-25-15-9-7-6-8-12(15)2)14(10-20(16)3)22-17(23)21(4)18-19-22;2*1-5-14-13(11-24-16-9-7-6-8-12(16)2)15(10-20(14)3)22-17(23)21(4)18-19-22;1-11-7-5-6-8-15(11)23-10-13-12(2)19(3)9-14(13)21-16(22)20(4)17-18-21/h6-10H,5,11H2,1-4H3;5-10H,1,11H2,2-4H3;1,6-10H,11H2,2-4H3;5-9H,10H2,1-4H3/i3*6T;5T. The van der Waals surface area contributed by atoms with Crippen LogP contribution in [-0.4, -0.2) is 104 Å². The van der Waals surface area contributed by atoms with Gasteiger partial charge in [-0.05, 0) is 136 Å². The number of hydrogen-bond acceptors (Lipinski definition) is 17. The predicted octanol–water partition coefficient (Wildman–Crippen LogP) is 6.10. The van der Waals surface area contributed by atoms with E-state index in [1.54, 1.807) is 135 Å². The largest absolute Gasteiger partial charge is 0.488 e. The number of rotatable bonds is 19. The molecule has 0 saturated heterocycles. The van der Waals surface area contributed by atoms with Gasteiger partial charge in [-0.25, -0.2) is 19.2 Å². The van der Waals surface area contributed by atoms with Crippen LogP contribution in [0.1, 0.15) is 74.0 Å². The molecule has 498 valence electrons. The molecule has 0 fully saturated rings. The highest BCUT2D eigenvalue weighted by Crippen LogP contribution is 2.31. The number of para-hydroxylation sites is 4. The van der Waals surface area contributed by atoms with Gasteiger partial charge >= 0.3 is 22.8 Å². The molecule has 0 aliphatic carbocycles. The fraction of sp³-hybridized carbons (Fsp3) is 0.284. The average Bonchev–Trinajstić information content (AvgIpc) is 1.66. The Balaban J connectivity index is 0.000000156. The smallest absolute Gasteiger partial charge is 0.368 e. The zero-order valence-corrected chi connectivity index (χ0v) is 55.8. The second-order valence-corrected chi connectivity index (χ2v) is 21.9. The van der Waals surface area contributed by atoms with Gasteiger partial charge in [0.2, 0.25) is 5.88 Å². The van der Waals surface area contributed by atoms with Gasteiger partial charge in [-0.15, -0.1) is 6.42 Å². The Morgan fingerprint density at radius 3 is 1.11 bits per heavy atom. The molecule has 29 nitrogen and oxygen atoms in total. The van der Waals surface area contributed by atoms with Crippen molar-refractivity contribution in [1.82, 2.24) is 97.4 Å². The number of aromatic nitrogens is 20. The molecule has 8 aromatic heterocycles. The lowest BCUT2D eigenvalue weighted by Gasteiger charge is -2.12. The zero-order chi connectivity index (χ0) is 72.5. The summed E-state index contributed by atoms with van der Waals surface area (Å²) >= 11 is 0. The summed E-state index contributed by atoms with van der Waals surface area (Å²) in [5.41, 5.74) is 9.91. The van der Waals surface area contributed by atoms with Gasteiger partial charge in [0.15, 0.2) is 0 Å². The summed E-state index contributed by atoms with van der Waals surface area (Å²) in [6.45, 7) is 16.6. The molecule has 4 aromatic carbocycles. The van der Waals surface area contributed by atoms with Crippen LogP contribution in [0.15, 0.2) is 148 Å². The zero-order valence-electron chi connectivity index (χ0n) is 59.8. The van der Waals surface area contributed by atoms with Crippen molar-refractivity contribution in [3.05, 3.63) is 232 Å². The van der Waals surface area contributed by atoms with E-state index < -0.39 is 0 Å². The van der Waals surface area contributed by atoms with E-state index in [0.717, 1.165) is 54.1 Å². The molecule has 29 heteroatoms. The maximum absolute atomic E-state index is 12.3. The topological polar surface area (TPSA) is 277 Å². The summed E-state index contributed by atoms with van der Waals surface area (Å²) in [5.74, 6) is 5.96. The summed E-state index contributed by atoms with van der Waals surface area (Å²) < 4.78 is 76.9. The lowest BCUT2D eigenvalue weighted by molar-refractivity contribution is 0.276. The first-order valence-corrected chi connectivity index (χ1v) is 29.8. The fourth-order valence-electron chi connectivity index (χ4n) is 9.95. The number of hydrogen-bond donors (Lipinski definition) is 0. The maximum Gasteiger partial charge on any atom is 0.368 e. The molecule has 0 N–H and O–H groups in total. The highest BCUT2D eigenvalue weighted by Gasteiger charge is 2.24. The minimum atomic E-state index is -0.370. The molecule has 0 amide bonds. The molecule has 0 aliphatic rings. The van der Waals surface area contributed by atoms with Gasteiger partial charge in [0.25, 0.3) is 0 Å². The molecule has 0 unspecified atom stereocenters. The molecule has 8 heterocycles. The van der Waals surface area contributed by atoms with E-state index in [1.165, 1.54) is 35.1 Å². The van der Waals surface area contributed by atoms with Crippen molar-refractivity contribution >= 4 is 6.08 Å². The van der Waals surface area contributed by atoms with Crippen LogP contribution in [0.3, 0.4) is 0 Å². The normalized spacial score (nSPS) is 11.4. The number of tetrazole rings is 4. The quantitative estimate of drug-likeness (QED) is 0.0827. The average molecular weight is 1310 g/mol. The van der Waals surface area contributed by atoms with E-state index in [1.807, 2.05) is 78.0 Å². The molecule has 12 aromatic rings. The number of ether oxygens (including phenoxy) is 5. The third-order valence-corrected chi connectivity index (χ3v) is 15.3. The van der Waals surface area contributed by atoms with Gasteiger partial charge < -0.3 is 42.0 Å². The van der Waals surface area contributed by atoms with Gasteiger partial charge in [-0.2, -0.15) is 37.5 Å². The summed E-state index contributed by atoms with van der Waals surface area (Å²) in [7, 11) is 13.6. The predicted molar refractivity (Wildman–Crippen MR) is 358 cm³/mol. The first-order valence-electron chi connectivity index (χ1n) is 31.8. The summed E-state index contributed by atoms with van der Waals surface area (Å²) in [4.78, 5) is 48.8. The molecule has 0 saturated carbocycles. The molecule has 0 bridgehead atoms. The van der Waals surface area contributed by atoms with Crippen LogP contribution in [0.25, 0.3) is 28.8 Å². The molecular formula is C67H76N20O9. The van der Waals surface area contributed by atoms with E-state index in [4.69, 9.17) is 35.6 Å². The molecule has 0 aliphatic heterocycles. The minimum absolute atomic E-state index is 0.164. The summed E-state index contributed by atoms with van der Waals surface area (Å²) in [5, 5.41) is 30.6. The first kappa shape index (κ1) is 62.6. The van der Waals surface area contributed by atoms with E-state index in [0.29, 0.717) is 106 Å². The van der Waals surface area contributed by atoms with Crippen molar-refractivity contribution in [3.63, 3.8) is 0 Å². The molecule has 0 spiro atoms.